The Hall–Kier alpha value is -1.56. The van der Waals surface area contributed by atoms with Gasteiger partial charge < -0.3 is 10.4 Å². The number of carbonyl (C=O) groups excluding carboxylic acids is 1. The van der Waals surface area contributed by atoms with E-state index in [1.54, 1.807) is 0 Å². The predicted octanol–water partition coefficient (Wildman–Crippen LogP) is 2.14. The van der Waals surface area contributed by atoms with E-state index < -0.39 is 11.8 Å². The highest BCUT2D eigenvalue weighted by atomic mass is 32.2. The van der Waals surface area contributed by atoms with E-state index in [1.807, 2.05) is 13.8 Å². The van der Waals surface area contributed by atoms with Gasteiger partial charge in [0.25, 0.3) is 0 Å². The Morgan fingerprint density at radius 3 is 2.67 bits per heavy atom. The number of thioether (sulfide) groups is 1. The minimum absolute atomic E-state index is 0.0564. The van der Waals surface area contributed by atoms with Crippen LogP contribution in [0.15, 0.2) is 23.1 Å². The van der Waals surface area contributed by atoms with Crippen molar-refractivity contribution in [2.24, 2.45) is 0 Å². The summed E-state index contributed by atoms with van der Waals surface area (Å²) >= 11 is 1.17. The molecule has 18 heavy (non-hydrogen) atoms. The van der Waals surface area contributed by atoms with Crippen molar-refractivity contribution in [2.45, 2.75) is 24.8 Å². The maximum Gasteiger partial charge on any atom is 0.338 e. The lowest BCUT2D eigenvalue weighted by Gasteiger charge is -2.08. The fourth-order valence-corrected chi connectivity index (χ4v) is 2.02. The van der Waals surface area contributed by atoms with Gasteiger partial charge in [0.15, 0.2) is 0 Å². The summed E-state index contributed by atoms with van der Waals surface area (Å²) in [6.45, 7) is 3.70. The maximum absolute atomic E-state index is 13.1. The lowest BCUT2D eigenvalue weighted by molar-refractivity contribution is -0.119. The molecule has 0 aliphatic carbocycles. The first kappa shape index (κ1) is 14.5. The van der Waals surface area contributed by atoms with Crippen LogP contribution in [0.1, 0.15) is 24.2 Å². The summed E-state index contributed by atoms with van der Waals surface area (Å²) < 4.78 is 13.1. The van der Waals surface area contributed by atoms with Gasteiger partial charge in [0, 0.05) is 10.9 Å². The summed E-state index contributed by atoms with van der Waals surface area (Å²) in [7, 11) is 0. The molecule has 0 spiro atoms. The molecule has 0 unspecified atom stereocenters. The predicted molar refractivity (Wildman–Crippen MR) is 67.4 cm³/mol. The summed E-state index contributed by atoms with van der Waals surface area (Å²) in [5.74, 6) is -2.07. The van der Waals surface area contributed by atoms with Gasteiger partial charge in [-0.15, -0.1) is 11.8 Å². The van der Waals surface area contributed by atoms with E-state index in [0.29, 0.717) is 4.90 Å². The van der Waals surface area contributed by atoms with Gasteiger partial charge in [-0.05, 0) is 32.0 Å². The molecule has 0 aliphatic rings. The second-order valence-electron chi connectivity index (χ2n) is 3.96. The van der Waals surface area contributed by atoms with Crippen LogP contribution in [-0.2, 0) is 4.79 Å². The lowest BCUT2D eigenvalue weighted by Crippen LogP contribution is -2.31. The fourth-order valence-electron chi connectivity index (χ4n) is 1.27. The van der Waals surface area contributed by atoms with E-state index in [4.69, 9.17) is 5.11 Å². The first-order valence-corrected chi connectivity index (χ1v) is 6.33. The molecule has 0 atom stereocenters. The van der Waals surface area contributed by atoms with Gasteiger partial charge >= 0.3 is 5.97 Å². The number of nitrogens with one attached hydrogen (secondary N) is 1. The third-order valence-electron chi connectivity index (χ3n) is 1.99. The molecule has 0 heterocycles. The highest BCUT2D eigenvalue weighted by Crippen LogP contribution is 2.21. The van der Waals surface area contributed by atoms with Crippen LogP contribution in [-0.4, -0.2) is 28.8 Å². The average molecular weight is 271 g/mol. The molecule has 4 nitrogen and oxygen atoms in total. The normalized spacial score (nSPS) is 10.4. The largest absolute Gasteiger partial charge is 0.478 e. The number of carboxylic acids is 1. The molecule has 2 N–H and O–H groups in total. The van der Waals surface area contributed by atoms with E-state index in [2.05, 4.69) is 5.32 Å². The summed E-state index contributed by atoms with van der Waals surface area (Å²) in [6.07, 6.45) is 0. The number of hydrogen-bond donors (Lipinski definition) is 2. The topological polar surface area (TPSA) is 66.4 Å². The standard InChI is InChI=1S/C12H14FNO3S/c1-7(2)14-11(15)6-18-8-3-4-10(13)9(5-8)12(16)17/h3-5,7H,6H2,1-2H3,(H,14,15)(H,16,17). The molecule has 98 valence electrons. The molecule has 0 radical (unpaired) electrons. The molecular weight excluding hydrogens is 257 g/mol. The van der Waals surface area contributed by atoms with Gasteiger partial charge in [0.05, 0.1) is 11.3 Å². The molecular formula is C12H14FNO3S. The first-order valence-electron chi connectivity index (χ1n) is 5.35. The average Bonchev–Trinajstić information content (AvgIpc) is 2.26. The first-order chi connectivity index (χ1) is 8.40. The summed E-state index contributed by atoms with van der Waals surface area (Å²) in [5.41, 5.74) is -0.385. The highest BCUT2D eigenvalue weighted by molar-refractivity contribution is 8.00. The second-order valence-corrected chi connectivity index (χ2v) is 5.01. The van der Waals surface area contributed by atoms with Crippen molar-refractivity contribution in [3.63, 3.8) is 0 Å². The monoisotopic (exact) mass is 271 g/mol. The van der Waals surface area contributed by atoms with Crippen LogP contribution in [0, 0.1) is 5.82 Å². The zero-order valence-electron chi connectivity index (χ0n) is 10.1. The lowest BCUT2D eigenvalue weighted by atomic mass is 10.2. The minimum atomic E-state index is -1.32. The smallest absolute Gasteiger partial charge is 0.338 e. The van der Waals surface area contributed by atoms with Crippen LogP contribution in [0.5, 0.6) is 0 Å². The van der Waals surface area contributed by atoms with Crippen molar-refractivity contribution in [1.82, 2.24) is 5.32 Å². The Balaban J connectivity index is 2.66. The van der Waals surface area contributed by atoms with Crippen LogP contribution in [0.2, 0.25) is 0 Å². The molecule has 0 saturated carbocycles. The Morgan fingerprint density at radius 1 is 1.44 bits per heavy atom. The van der Waals surface area contributed by atoms with E-state index in [-0.39, 0.29) is 23.3 Å². The Morgan fingerprint density at radius 2 is 2.11 bits per heavy atom. The molecule has 0 saturated heterocycles. The zero-order chi connectivity index (χ0) is 13.7. The van der Waals surface area contributed by atoms with Crippen molar-refractivity contribution in [1.29, 1.82) is 0 Å². The number of halogens is 1. The number of amides is 1. The number of carboxylic acid groups (broad SMARTS) is 1. The Bertz CT molecular complexity index is 463. The number of hydrogen-bond acceptors (Lipinski definition) is 3. The van der Waals surface area contributed by atoms with E-state index >= 15 is 0 Å². The number of rotatable bonds is 5. The fraction of sp³-hybridized carbons (Fsp3) is 0.333. The van der Waals surface area contributed by atoms with E-state index in [0.717, 1.165) is 6.07 Å². The summed E-state index contributed by atoms with van der Waals surface area (Å²) in [6, 6.07) is 3.83. The molecule has 0 aromatic heterocycles. The van der Waals surface area contributed by atoms with Crippen molar-refractivity contribution < 1.29 is 19.1 Å². The number of carbonyl (C=O) groups is 2. The number of benzene rings is 1. The molecule has 1 aromatic rings. The molecule has 0 fully saturated rings. The van der Waals surface area contributed by atoms with Gasteiger partial charge in [-0.25, -0.2) is 9.18 Å². The zero-order valence-corrected chi connectivity index (χ0v) is 10.9. The third kappa shape index (κ3) is 4.37. The molecule has 0 aliphatic heterocycles. The van der Waals surface area contributed by atoms with Crippen molar-refractivity contribution in [2.75, 3.05) is 5.75 Å². The molecule has 1 amide bonds. The van der Waals surface area contributed by atoms with Gasteiger partial charge in [0.2, 0.25) is 5.91 Å². The quantitative estimate of drug-likeness (QED) is 0.805. The minimum Gasteiger partial charge on any atom is -0.478 e. The molecule has 1 rings (SSSR count). The van der Waals surface area contributed by atoms with Crippen molar-refractivity contribution in [3.05, 3.63) is 29.6 Å². The second kappa shape index (κ2) is 6.39. The maximum atomic E-state index is 13.1. The Labute approximate surface area is 109 Å². The molecule has 0 bridgehead atoms. The van der Waals surface area contributed by atoms with E-state index in [1.165, 1.54) is 23.9 Å². The summed E-state index contributed by atoms with van der Waals surface area (Å²) in [5, 5.41) is 11.5. The molecule has 6 heteroatoms. The van der Waals surface area contributed by atoms with Gasteiger partial charge in [-0.1, -0.05) is 0 Å². The van der Waals surface area contributed by atoms with Crippen LogP contribution >= 0.6 is 11.8 Å². The van der Waals surface area contributed by atoms with Crippen molar-refractivity contribution in [3.8, 4) is 0 Å². The van der Waals surface area contributed by atoms with Gasteiger partial charge in [0.1, 0.15) is 5.82 Å². The third-order valence-corrected chi connectivity index (χ3v) is 2.98. The van der Waals surface area contributed by atoms with Gasteiger partial charge in [-0.3, -0.25) is 4.79 Å². The highest BCUT2D eigenvalue weighted by Gasteiger charge is 2.12. The molecule has 1 aromatic carbocycles. The van der Waals surface area contributed by atoms with Crippen LogP contribution < -0.4 is 5.32 Å². The van der Waals surface area contributed by atoms with Crippen LogP contribution in [0.25, 0.3) is 0 Å². The number of aromatic carboxylic acids is 1. The van der Waals surface area contributed by atoms with Gasteiger partial charge in [-0.2, -0.15) is 0 Å². The van der Waals surface area contributed by atoms with Crippen LogP contribution in [0.3, 0.4) is 0 Å². The van der Waals surface area contributed by atoms with E-state index in [9.17, 15) is 14.0 Å². The Kier molecular flexibility index (Phi) is 5.15. The SMILES string of the molecule is CC(C)NC(=O)CSc1ccc(F)c(C(=O)O)c1. The summed E-state index contributed by atoms with van der Waals surface area (Å²) in [4.78, 5) is 22.7. The van der Waals surface area contributed by atoms with Crippen LogP contribution in [0.4, 0.5) is 4.39 Å². The van der Waals surface area contributed by atoms with Crippen molar-refractivity contribution >= 4 is 23.6 Å².